The minimum atomic E-state index is -0.293. The number of nitrogens with zero attached hydrogens (tertiary/aromatic N) is 1. The third kappa shape index (κ3) is 4.14. The first-order chi connectivity index (χ1) is 12.2. The van der Waals surface area contributed by atoms with Crippen molar-refractivity contribution in [2.24, 2.45) is 0 Å². The van der Waals surface area contributed by atoms with E-state index in [4.69, 9.17) is 18.9 Å². The first kappa shape index (κ1) is 17.8. The molecule has 1 unspecified atom stereocenters. The van der Waals surface area contributed by atoms with E-state index in [9.17, 15) is 4.79 Å². The minimum Gasteiger partial charge on any atom is -0.493 e. The lowest BCUT2D eigenvalue weighted by Gasteiger charge is -2.37. The Morgan fingerprint density at radius 3 is 2.64 bits per heavy atom. The van der Waals surface area contributed by atoms with Crippen LogP contribution in [0.3, 0.4) is 0 Å². The smallest absolute Gasteiger partial charge is 0.246 e. The van der Waals surface area contributed by atoms with Crippen LogP contribution < -0.4 is 9.47 Å². The minimum absolute atomic E-state index is 0.00111. The number of benzene rings is 1. The molecule has 0 aromatic heterocycles. The summed E-state index contributed by atoms with van der Waals surface area (Å²) in [7, 11) is 3.19. The fourth-order valence-corrected chi connectivity index (χ4v) is 3.33. The van der Waals surface area contributed by atoms with Crippen molar-refractivity contribution in [3.8, 4) is 11.5 Å². The zero-order valence-corrected chi connectivity index (χ0v) is 14.8. The molecule has 2 aliphatic rings. The molecule has 2 aliphatic heterocycles. The van der Waals surface area contributed by atoms with Gasteiger partial charge in [0.25, 0.3) is 0 Å². The van der Waals surface area contributed by atoms with Crippen LogP contribution in [0.2, 0.25) is 0 Å². The summed E-state index contributed by atoms with van der Waals surface area (Å²) < 4.78 is 21.8. The highest BCUT2D eigenvalue weighted by atomic mass is 16.7. The van der Waals surface area contributed by atoms with Crippen molar-refractivity contribution < 1.29 is 23.7 Å². The van der Waals surface area contributed by atoms with Gasteiger partial charge in [-0.15, -0.1) is 0 Å². The molecule has 25 heavy (non-hydrogen) atoms. The number of hydrogen-bond donors (Lipinski definition) is 0. The van der Waals surface area contributed by atoms with Crippen molar-refractivity contribution in [2.75, 3.05) is 34.0 Å². The Balaban J connectivity index is 1.70. The molecular formula is C19H25NO5. The number of likely N-dealkylation sites (tertiary alicyclic amines) is 1. The molecule has 2 fully saturated rings. The van der Waals surface area contributed by atoms with Gasteiger partial charge in [-0.05, 0) is 43.0 Å². The largest absolute Gasteiger partial charge is 0.493 e. The molecule has 0 spiro atoms. The second kappa shape index (κ2) is 8.36. The van der Waals surface area contributed by atoms with Gasteiger partial charge in [0, 0.05) is 12.6 Å². The van der Waals surface area contributed by atoms with Crippen molar-refractivity contribution in [1.82, 2.24) is 4.90 Å². The molecule has 1 aromatic rings. The fraction of sp³-hybridized carbons (Fsp3) is 0.526. The molecule has 0 saturated carbocycles. The predicted molar refractivity (Wildman–Crippen MR) is 93.6 cm³/mol. The maximum Gasteiger partial charge on any atom is 0.246 e. The van der Waals surface area contributed by atoms with E-state index < -0.39 is 0 Å². The van der Waals surface area contributed by atoms with E-state index in [2.05, 4.69) is 0 Å². The van der Waals surface area contributed by atoms with Gasteiger partial charge in [-0.1, -0.05) is 6.07 Å². The summed E-state index contributed by atoms with van der Waals surface area (Å²) >= 11 is 0. The van der Waals surface area contributed by atoms with Crippen LogP contribution in [0.15, 0.2) is 24.3 Å². The normalized spacial score (nSPS) is 21.7. The third-order valence-electron chi connectivity index (χ3n) is 4.62. The van der Waals surface area contributed by atoms with Crippen LogP contribution in [0.1, 0.15) is 24.8 Å². The van der Waals surface area contributed by atoms with Crippen molar-refractivity contribution in [3.05, 3.63) is 29.8 Å². The molecule has 6 nitrogen and oxygen atoms in total. The summed E-state index contributed by atoms with van der Waals surface area (Å²) in [5.41, 5.74) is 0.882. The molecule has 1 aromatic carbocycles. The summed E-state index contributed by atoms with van der Waals surface area (Å²) in [6.07, 6.45) is 6.14. The van der Waals surface area contributed by atoms with E-state index in [0.717, 1.165) is 31.4 Å². The average molecular weight is 347 g/mol. The summed E-state index contributed by atoms with van der Waals surface area (Å²) in [5, 5.41) is 0. The molecule has 0 bridgehead atoms. The van der Waals surface area contributed by atoms with E-state index in [1.54, 1.807) is 26.4 Å². The first-order valence-electron chi connectivity index (χ1n) is 8.67. The maximum absolute atomic E-state index is 12.7. The molecule has 2 saturated heterocycles. The number of amides is 1. The van der Waals surface area contributed by atoms with E-state index in [-0.39, 0.29) is 18.2 Å². The van der Waals surface area contributed by atoms with Gasteiger partial charge in [0.05, 0.1) is 33.5 Å². The van der Waals surface area contributed by atoms with Crippen LogP contribution in [0.25, 0.3) is 6.08 Å². The topological polar surface area (TPSA) is 57.2 Å². The second-order valence-corrected chi connectivity index (χ2v) is 6.15. The van der Waals surface area contributed by atoms with Crippen molar-refractivity contribution >= 4 is 12.0 Å². The molecule has 0 aliphatic carbocycles. The number of hydrogen-bond acceptors (Lipinski definition) is 5. The summed E-state index contributed by atoms with van der Waals surface area (Å²) in [5.74, 6) is 1.29. The quantitative estimate of drug-likeness (QED) is 0.766. The molecule has 6 heteroatoms. The summed E-state index contributed by atoms with van der Waals surface area (Å²) in [6, 6.07) is 5.56. The Morgan fingerprint density at radius 2 is 1.92 bits per heavy atom. The fourth-order valence-electron chi connectivity index (χ4n) is 3.33. The van der Waals surface area contributed by atoms with Gasteiger partial charge < -0.3 is 23.8 Å². The first-order valence-corrected chi connectivity index (χ1v) is 8.67. The van der Waals surface area contributed by atoms with E-state index in [1.807, 2.05) is 23.1 Å². The highest BCUT2D eigenvalue weighted by Crippen LogP contribution is 2.28. The molecule has 136 valence electrons. The second-order valence-electron chi connectivity index (χ2n) is 6.15. The van der Waals surface area contributed by atoms with E-state index >= 15 is 0 Å². The number of piperidine rings is 1. The number of carbonyl (C=O) groups excluding carboxylic acids is 1. The predicted octanol–water partition coefficient (Wildman–Crippen LogP) is 2.47. The lowest BCUT2D eigenvalue weighted by Crippen LogP contribution is -2.49. The lowest BCUT2D eigenvalue weighted by atomic mass is 10.0. The van der Waals surface area contributed by atoms with E-state index in [0.29, 0.717) is 24.7 Å². The average Bonchev–Trinajstić information content (AvgIpc) is 3.20. The number of ether oxygens (including phenoxy) is 4. The van der Waals surface area contributed by atoms with Crippen molar-refractivity contribution in [3.63, 3.8) is 0 Å². The Hall–Kier alpha value is -2.05. The number of rotatable bonds is 5. The van der Waals surface area contributed by atoms with Crippen LogP contribution >= 0.6 is 0 Å². The van der Waals surface area contributed by atoms with Crippen LogP contribution in [-0.2, 0) is 14.3 Å². The molecule has 2 heterocycles. The zero-order chi connectivity index (χ0) is 17.6. The summed E-state index contributed by atoms with van der Waals surface area (Å²) in [4.78, 5) is 14.6. The zero-order valence-electron chi connectivity index (χ0n) is 14.8. The maximum atomic E-state index is 12.7. The van der Waals surface area contributed by atoms with Gasteiger partial charge in [-0.3, -0.25) is 4.79 Å². The SMILES string of the molecule is COc1ccc(C=CC(=O)N2CCCCC2C2OCCO2)cc1OC. The van der Waals surface area contributed by atoms with Crippen molar-refractivity contribution in [2.45, 2.75) is 31.6 Å². The Kier molecular flexibility index (Phi) is 5.94. The summed E-state index contributed by atoms with van der Waals surface area (Å²) in [6.45, 7) is 1.94. The molecule has 1 atom stereocenters. The number of methoxy groups -OCH3 is 2. The van der Waals surface area contributed by atoms with Gasteiger partial charge in [0.15, 0.2) is 17.8 Å². The van der Waals surface area contributed by atoms with Crippen LogP contribution in [0.4, 0.5) is 0 Å². The number of carbonyl (C=O) groups is 1. The monoisotopic (exact) mass is 347 g/mol. The Bertz CT molecular complexity index is 624. The molecule has 0 N–H and O–H groups in total. The Morgan fingerprint density at radius 1 is 1.16 bits per heavy atom. The van der Waals surface area contributed by atoms with Gasteiger partial charge in [-0.25, -0.2) is 0 Å². The van der Waals surface area contributed by atoms with Gasteiger partial charge in [-0.2, -0.15) is 0 Å². The van der Waals surface area contributed by atoms with Gasteiger partial charge in [0.1, 0.15) is 0 Å². The van der Waals surface area contributed by atoms with Crippen molar-refractivity contribution in [1.29, 1.82) is 0 Å². The Labute approximate surface area is 148 Å². The molecule has 0 radical (unpaired) electrons. The van der Waals surface area contributed by atoms with Crippen LogP contribution in [0, 0.1) is 0 Å². The van der Waals surface area contributed by atoms with Gasteiger partial charge >= 0.3 is 0 Å². The molecular weight excluding hydrogens is 322 g/mol. The van der Waals surface area contributed by atoms with E-state index in [1.165, 1.54) is 0 Å². The lowest BCUT2D eigenvalue weighted by molar-refractivity contribution is -0.145. The molecule has 3 rings (SSSR count). The van der Waals surface area contributed by atoms with Crippen LogP contribution in [0.5, 0.6) is 11.5 Å². The highest BCUT2D eigenvalue weighted by molar-refractivity contribution is 5.92. The van der Waals surface area contributed by atoms with Gasteiger partial charge in [0.2, 0.25) is 5.91 Å². The highest BCUT2D eigenvalue weighted by Gasteiger charge is 2.35. The third-order valence-corrected chi connectivity index (χ3v) is 4.62. The van der Waals surface area contributed by atoms with Crippen LogP contribution in [-0.4, -0.2) is 57.1 Å². The standard InChI is InChI=1S/C19H25NO5/c1-22-16-8-6-14(13-17(16)23-2)7-9-18(21)20-10-4-3-5-15(20)19-24-11-12-25-19/h6-9,13,15,19H,3-5,10-12H2,1-2H3. The molecule has 1 amide bonds.